The van der Waals surface area contributed by atoms with Crippen LogP contribution in [0.15, 0.2) is 97.2 Å². The molecule has 0 saturated carbocycles. The number of aliphatic hydroxyl groups excluding tert-OH is 1. The minimum absolute atomic E-state index is 0.378. The van der Waals surface area contributed by atoms with Crippen LogP contribution in [0.4, 0.5) is 10.5 Å². The molecule has 5 nitrogen and oxygen atoms in total. The van der Waals surface area contributed by atoms with Gasteiger partial charge in [0.05, 0.1) is 18.9 Å². The zero-order valence-corrected chi connectivity index (χ0v) is 19.5. The molecule has 2 atom stereocenters. The molecule has 1 amide bonds. The van der Waals surface area contributed by atoms with Crippen LogP contribution in [0.5, 0.6) is 5.75 Å². The number of methoxy groups -OCH3 is 1. The summed E-state index contributed by atoms with van der Waals surface area (Å²) >= 11 is 0. The summed E-state index contributed by atoms with van der Waals surface area (Å²) in [4.78, 5) is 14.5. The van der Waals surface area contributed by atoms with E-state index in [0.29, 0.717) is 11.4 Å². The maximum absolute atomic E-state index is 13.1. The molecule has 0 bridgehead atoms. The van der Waals surface area contributed by atoms with Crippen LogP contribution in [-0.2, 0) is 4.74 Å². The molecule has 3 aromatic rings. The van der Waals surface area contributed by atoms with Crippen LogP contribution < -0.4 is 9.64 Å². The third-order valence-electron chi connectivity index (χ3n) is 5.05. The van der Waals surface area contributed by atoms with Crippen LogP contribution in [0.1, 0.15) is 43.9 Å². The lowest BCUT2D eigenvalue weighted by Gasteiger charge is -2.26. The van der Waals surface area contributed by atoms with Crippen LogP contribution in [0.25, 0.3) is 0 Å². The first-order valence-corrected chi connectivity index (χ1v) is 10.9. The summed E-state index contributed by atoms with van der Waals surface area (Å²) < 4.78 is 10.9. The van der Waals surface area contributed by atoms with Gasteiger partial charge in [-0.3, -0.25) is 4.90 Å². The number of aliphatic hydroxyl groups is 1. The number of amides is 1. The first-order chi connectivity index (χ1) is 15.8. The van der Waals surface area contributed by atoms with Gasteiger partial charge in [-0.2, -0.15) is 0 Å². The molecular weight excluding hydrogens is 414 g/mol. The highest BCUT2D eigenvalue weighted by molar-refractivity contribution is 5.90. The summed E-state index contributed by atoms with van der Waals surface area (Å²) in [6.07, 6.45) is 2.20. The molecule has 0 aromatic heterocycles. The van der Waals surface area contributed by atoms with Gasteiger partial charge in [0, 0.05) is 12.1 Å². The number of anilines is 1. The average Bonchev–Trinajstić information content (AvgIpc) is 2.81. The summed E-state index contributed by atoms with van der Waals surface area (Å²) in [5.74, 6) is 0.310. The second-order valence-corrected chi connectivity index (χ2v) is 8.68. The van der Waals surface area contributed by atoms with E-state index in [2.05, 4.69) is 0 Å². The van der Waals surface area contributed by atoms with E-state index >= 15 is 0 Å². The number of carbonyl (C=O) groups is 1. The Morgan fingerprint density at radius 2 is 1.42 bits per heavy atom. The van der Waals surface area contributed by atoms with Gasteiger partial charge in [0.1, 0.15) is 11.4 Å². The molecular formula is C28H31NO4. The van der Waals surface area contributed by atoms with Crippen molar-refractivity contribution in [2.24, 2.45) is 0 Å². The molecule has 5 heteroatoms. The number of hydrogen-bond acceptors (Lipinski definition) is 4. The SMILES string of the molecule is COc1ccc(N(/C=C\[C@H](c2ccccc2)[C@H](O)c2ccccc2)C(=O)OC(C)(C)C)cc1. The van der Waals surface area contributed by atoms with Crippen molar-refractivity contribution in [2.75, 3.05) is 12.0 Å². The summed E-state index contributed by atoms with van der Waals surface area (Å²) in [6.45, 7) is 5.48. The van der Waals surface area contributed by atoms with Gasteiger partial charge in [-0.1, -0.05) is 66.7 Å². The highest BCUT2D eigenvalue weighted by Gasteiger charge is 2.24. The number of rotatable bonds is 7. The Kier molecular flexibility index (Phi) is 7.91. The van der Waals surface area contributed by atoms with Crippen molar-refractivity contribution in [1.82, 2.24) is 0 Å². The van der Waals surface area contributed by atoms with E-state index < -0.39 is 17.8 Å². The van der Waals surface area contributed by atoms with Crippen molar-refractivity contribution in [1.29, 1.82) is 0 Å². The minimum Gasteiger partial charge on any atom is -0.497 e. The maximum atomic E-state index is 13.1. The predicted octanol–water partition coefficient (Wildman–Crippen LogP) is 6.47. The standard InChI is InChI=1S/C28H31NO4/c1-28(2,3)33-27(31)29(23-15-17-24(32-4)18-16-23)20-19-25(21-11-7-5-8-12-21)26(30)22-13-9-6-10-14-22/h5-20,25-26,30H,1-4H3/b20-19-/t25-,26-/m1/s1. The average molecular weight is 446 g/mol. The monoisotopic (exact) mass is 445 g/mol. The van der Waals surface area contributed by atoms with Crippen LogP contribution in [-0.4, -0.2) is 23.9 Å². The zero-order valence-electron chi connectivity index (χ0n) is 19.5. The fraction of sp³-hybridized carbons (Fsp3) is 0.250. The summed E-state index contributed by atoms with van der Waals surface area (Å²) in [5, 5.41) is 11.2. The number of nitrogens with zero attached hydrogens (tertiary/aromatic N) is 1. The molecule has 0 fully saturated rings. The third kappa shape index (κ3) is 6.70. The van der Waals surface area contributed by atoms with Crippen molar-refractivity contribution >= 4 is 11.8 Å². The largest absolute Gasteiger partial charge is 0.497 e. The predicted molar refractivity (Wildman–Crippen MR) is 131 cm³/mol. The van der Waals surface area contributed by atoms with Crippen molar-refractivity contribution in [3.8, 4) is 5.75 Å². The Labute approximate surface area is 195 Å². The van der Waals surface area contributed by atoms with Gasteiger partial charge < -0.3 is 14.6 Å². The van der Waals surface area contributed by atoms with E-state index in [1.165, 1.54) is 4.90 Å². The van der Waals surface area contributed by atoms with E-state index in [4.69, 9.17) is 9.47 Å². The second kappa shape index (κ2) is 10.8. The third-order valence-corrected chi connectivity index (χ3v) is 5.05. The van der Waals surface area contributed by atoms with Gasteiger partial charge in [-0.15, -0.1) is 0 Å². The molecule has 3 rings (SSSR count). The van der Waals surface area contributed by atoms with Crippen molar-refractivity contribution in [3.63, 3.8) is 0 Å². The van der Waals surface area contributed by atoms with Crippen molar-refractivity contribution in [3.05, 3.63) is 108 Å². The Hall–Kier alpha value is -3.57. The van der Waals surface area contributed by atoms with Gasteiger partial charge in [-0.25, -0.2) is 4.79 Å². The smallest absolute Gasteiger partial charge is 0.418 e. The molecule has 172 valence electrons. The molecule has 0 spiro atoms. The Morgan fingerprint density at radius 1 is 0.879 bits per heavy atom. The van der Waals surface area contributed by atoms with E-state index in [0.717, 1.165) is 11.1 Å². The van der Waals surface area contributed by atoms with Crippen molar-refractivity contribution < 1.29 is 19.4 Å². The lowest BCUT2D eigenvalue weighted by atomic mass is 9.89. The molecule has 1 N–H and O–H groups in total. The lowest BCUT2D eigenvalue weighted by Crippen LogP contribution is -2.33. The Bertz CT molecular complexity index is 1040. The first-order valence-electron chi connectivity index (χ1n) is 10.9. The quantitative estimate of drug-likeness (QED) is 0.453. The van der Waals surface area contributed by atoms with Gasteiger partial charge in [0.2, 0.25) is 0 Å². The van der Waals surface area contributed by atoms with Gasteiger partial charge in [0.25, 0.3) is 0 Å². The molecule has 0 heterocycles. The molecule has 33 heavy (non-hydrogen) atoms. The van der Waals surface area contributed by atoms with Crippen LogP contribution in [0.3, 0.4) is 0 Å². The molecule has 3 aromatic carbocycles. The normalized spacial score (nSPS) is 13.4. The number of ether oxygens (including phenoxy) is 2. The second-order valence-electron chi connectivity index (χ2n) is 8.68. The Morgan fingerprint density at radius 3 is 1.94 bits per heavy atom. The molecule has 0 saturated heterocycles. The number of hydrogen-bond donors (Lipinski definition) is 1. The minimum atomic E-state index is -0.791. The summed E-state index contributed by atoms with van der Waals surface area (Å²) in [5.41, 5.74) is 1.70. The number of benzene rings is 3. The van der Waals surface area contributed by atoms with Gasteiger partial charge >= 0.3 is 6.09 Å². The first kappa shape index (κ1) is 24.1. The van der Waals surface area contributed by atoms with Crippen LogP contribution in [0, 0.1) is 0 Å². The van der Waals surface area contributed by atoms with E-state index in [9.17, 15) is 9.90 Å². The number of carbonyl (C=O) groups excluding carboxylic acids is 1. The molecule has 0 aliphatic heterocycles. The fourth-order valence-corrected chi connectivity index (χ4v) is 3.42. The maximum Gasteiger partial charge on any atom is 0.418 e. The van der Waals surface area contributed by atoms with Crippen LogP contribution in [0.2, 0.25) is 0 Å². The van der Waals surface area contributed by atoms with E-state index in [1.54, 1.807) is 37.6 Å². The van der Waals surface area contributed by atoms with Crippen molar-refractivity contribution in [2.45, 2.75) is 38.4 Å². The summed E-state index contributed by atoms with van der Waals surface area (Å²) in [6, 6.07) is 26.4. The highest BCUT2D eigenvalue weighted by atomic mass is 16.6. The molecule has 0 unspecified atom stereocenters. The molecule has 0 aliphatic carbocycles. The van der Waals surface area contributed by atoms with E-state index in [-0.39, 0.29) is 5.92 Å². The molecule has 0 aliphatic rings. The van der Waals surface area contributed by atoms with E-state index in [1.807, 2.05) is 87.5 Å². The fourth-order valence-electron chi connectivity index (χ4n) is 3.42. The molecule has 0 radical (unpaired) electrons. The highest BCUT2D eigenvalue weighted by Crippen LogP contribution is 2.33. The Balaban J connectivity index is 1.99. The van der Waals surface area contributed by atoms with Gasteiger partial charge in [0.15, 0.2) is 0 Å². The van der Waals surface area contributed by atoms with Gasteiger partial charge in [-0.05, 0) is 56.2 Å². The lowest BCUT2D eigenvalue weighted by molar-refractivity contribution is 0.0596. The summed E-state index contributed by atoms with van der Waals surface area (Å²) in [7, 11) is 1.59. The topological polar surface area (TPSA) is 59.0 Å². The van der Waals surface area contributed by atoms with Crippen LogP contribution >= 0.6 is 0 Å². The zero-order chi connectivity index (χ0) is 23.8.